The quantitative estimate of drug-likeness (QED) is 0.649. The zero-order chi connectivity index (χ0) is 19.5. The minimum Gasteiger partial charge on any atom is -0.484 e. The number of aryl methyl sites for hydroxylation is 1. The monoisotopic (exact) mass is 380 g/mol. The van der Waals surface area contributed by atoms with Crippen LogP contribution in [0.3, 0.4) is 0 Å². The Labute approximate surface area is 163 Å². The maximum atomic E-state index is 12.0. The Morgan fingerprint density at radius 2 is 2.00 bits per heavy atom. The van der Waals surface area contributed by atoms with Crippen molar-refractivity contribution in [2.45, 2.75) is 19.2 Å². The van der Waals surface area contributed by atoms with Crippen molar-refractivity contribution >= 4 is 16.9 Å². The van der Waals surface area contributed by atoms with Crippen LogP contribution in [0.4, 0.5) is 0 Å². The molecule has 4 rings (SSSR count). The van der Waals surface area contributed by atoms with Crippen LogP contribution in [0.1, 0.15) is 11.1 Å². The summed E-state index contributed by atoms with van der Waals surface area (Å²) in [6, 6.07) is 13.8. The molecule has 7 nitrogen and oxygen atoms in total. The normalized spacial score (nSPS) is 14.8. The van der Waals surface area contributed by atoms with E-state index in [0.717, 1.165) is 24.1 Å². The summed E-state index contributed by atoms with van der Waals surface area (Å²) in [5, 5.41) is 13.0. The molecule has 1 aromatic heterocycles. The topological polar surface area (TPSA) is 79.6 Å². The van der Waals surface area contributed by atoms with Gasteiger partial charge in [0.1, 0.15) is 5.75 Å². The van der Waals surface area contributed by atoms with E-state index in [9.17, 15) is 9.90 Å². The third-order valence-electron chi connectivity index (χ3n) is 4.98. The van der Waals surface area contributed by atoms with Crippen LogP contribution < -0.4 is 10.1 Å². The number of carbonyl (C=O) groups excluding carboxylic acids is 1. The number of fused-ring (bicyclic) bond motifs is 2. The summed E-state index contributed by atoms with van der Waals surface area (Å²) in [6.45, 7) is 2.30. The van der Waals surface area contributed by atoms with Gasteiger partial charge in [0.2, 0.25) is 0 Å². The van der Waals surface area contributed by atoms with Gasteiger partial charge in [-0.05, 0) is 23.3 Å². The van der Waals surface area contributed by atoms with E-state index in [-0.39, 0.29) is 19.1 Å². The van der Waals surface area contributed by atoms with Crippen LogP contribution in [0.15, 0.2) is 48.8 Å². The molecular weight excluding hydrogens is 356 g/mol. The van der Waals surface area contributed by atoms with Crippen molar-refractivity contribution in [3.05, 3.63) is 59.9 Å². The molecule has 2 heterocycles. The van der Waals surface area contributed by atoms with E-state index in [0.29, 0.717) is 12.3 Å². The molecule has 28 heavy (non-hydrogen) atoms. The number of amides is 1. The van der Waals surface area contributed by atoms with Crippen molar-refractivity contribution in [3.63, 3.8) is 0 Å². The van der Waals surface area contributed by atoms with Gasteiger partial charge >= 0.3 is 0 Å². The highest BCUT2D eigenvalue weighted by molar-refractivity contribution is 5.79. The minimum absolute atomic E-state index is 0.0920. The summed E-state index contributed by atoms with van der Waals surface area (Å²) < 4.78 is 7.46. The molecule has 7 heteroatoms. The summed E-state index contributed by atoms with van der Waals surface area (Å²) in [7, 11) is 1.91. The molecule has 0 aliphatic carbocycles. The van der Waals surface area contributed by atoms with Gasteiger partial charge in [-0.1, -0.05) is 24.3 Å². The van der Waals surface area contributed by atoms with E-state index in [1.54, 1.807) is 12.4 Å². The maximum absolute atomic E-state index is 12.0. The number of hydrogen-bond donors (Lipinski definition) is 2. The lowest BCUT2D eigenvalue weighted by Gasteiger charge is -2.19. The fourth-order valence-electron chi connectivity index (χ4n) is 3.52. The predicted octanol–water partition coefficient (Wildman–Crippen LogP) is 1.45. The Morgan fingerprint density at radius 1 is 1.25 bits per heavy atom. The fourth-order valence-corrected chi connectivity index (χ4v) is 3.52. The lowest BCUT2D eigenvalue weighted by molar-refractivity contribution is -0.123. The second-order valence-electron chi connectivity index (χ2n) is 7.19. The molecule has 146 valence electrons. The van der Waals surface area contributed by atoms with Crippen LogP contribution >= 0.6 is 0 Å². The molecular formula is C21H24N4O3. The number of hydrogen-bond acceptors (Lipinski definition) is 5. The van der Waals surface area contributed by atoms with Gasteiger partial charge in [-0.3, -0.25) is 9.69 Å². The van der Waals surface area contributed by atoms with Crippen LogP contribution in [0.5, 0.6) is 5.75 Å². The number of carbonyl (C=O) groups is 1. The lowest BCUT2D eigenvalue weighted by atomic mass is 10.1. The Morgan fingerprint density at radius 3 is 2.75 bits per heavy atom. The number of aliphatic hydroxyl groups is 1. The number of nitrogens with zero attached hydrogens (tertiary/aromatic N) is 3. The number of aliphatic hydroxyl groups excluding tert-OH is 1. The summed E-state index contributed by atoms with van der Waals surface area (Å²) in [5.41, 5.74) is 4.43. The number of nitrogens with one attached hydrogen (secondary N) is 1. The average Bonchev–Trinajstić information content (AvgIpc) is 3.27. The highest BCUT2D eigenvalue weighted by Gasteiger charge is 2.20. The molecule has 1 aliphatic heterocycles. The zero-order valence-corrected chi connectivity index (χ0v) is 15.8. The molecule has 0 fully saturated rings. The Hall–Kier alpha value is -2.90. The molecule has 2 N–H and O–H groups in total. The van der Waals surface area contributed by atoms with Crippen molar-refractivity contribution in [1.82, 2.24) is 19.8 Å². The van der Waals surface area contributed by atoms with E-state index >= 15 is 0 Å². The highest BCUT2D eigenvalue weighted by atomic mass is 16.5. The Balaban J connectivity index is 1.20. The first-order valence-electron chi connectivity index (χ1n) is 9.36. The second-order valence-corrected chi connectivity index (χ2v) is 7.19. The van der Waals surface area contributed by atoms with Crippen LogP contribution in [-0.2, 0) is 24.9 Å². The number of benzene rings is 2. The molecule has 1 aliphatic rings. The largest absolute Gasteiger partial charge is 0.484 e. The molecule has 0 saturated carbocycles. The smallest absolute Gasteiger partial charge is 0.258 e. The average molecular weight is 380 g/mol. The van der Waals surface area contributed by atoms with Gasteiger partial charge < -0.3 is 19.7 Å². The van der Waals surface area contributed by atoms with E-state index in [4.69, 9.17) is 4.74 Å². The Bertz CT molecular complexity index is 960. The molecule has 0 radical (unpaired) electrons. The second kappa shape index (κ2) is 8.00. The van der Waals surface area contributed by atoms with Gasteiger partial charge in [0.05, 0.1) is 23.5 Å². The first kappa shape index (κ1) is 18.5. The molecule has 2 aromatic carbocycles. The third-order valence-corrected chi connectivity index (χ3v) is 4.98. The number of ether oxygens (including phenoxy) is 1. The minimum atomic E-state index is -0.621. The zero-order valence-electron chi connectivity index (χ0n) is 15.8. The molecule has 0 unspecified atom stereocenters. The fraction of sp³-hybridized carbons (Fsp3) is 0.333. The van der Waals surface area contributed by atoms with Gasteiger partial charge in [0.25, 0.3) is 5.91 Å². The van der Waals surface area contributed by atoms with Gasteiger partial charge in [0, 0.05) is 39.3 Å². The van der Waals surface area contributed by atoms with Crippen LogP contribution in [0, 0.1) is 0 Å². The van der Waals surface area contributed by atoms with Crippen LogP contribution in [0.25, 0.3) is 11.0 Å². The number of rotatable bonds is 7. The van der Waals surface area contributed by atoms with Crippen molar-refractivity contribution in [3.8, 4) is 5.75 Å². The van der Waals surface area contributed by atoms with Gasteiger partial charge in [0.15, 0.2) is 6.61 Å². The van der Waals surface area contributed by atoms with E-state index in [1.165, 1.54) is 11.1 Å². The number of aromatic nitrogens is 2. The number of imidazole rings is 1. The maximum Gasteiger partial charge on any atom is 0.258 e. The summed E-state index contributed by atoms with van der Waals surface area (Å²) in [5.74, 6) is 0.357. The number of β-amino-alcohol motifs (C(OH)–C–C–N with tert-alkyl or cyclic N) is 1. The summed E-state index contributed by atoms with van der Waals surface area (Å²) in [4.78, 5) is 18.5. The van der Waals surface area contributed by atoms with Crippen LogP contribution in [-0.4, -0.2) is 51.3 Å². The first-order chi connectivity index (χ1) is 13.6. The van der Waals surface area contributed by atoms with Crippen LogP contribution in [0.2, 0.25) is 0 Å². The van der Waals surface area contributed by atoms with Crippen molar-refractivity contribution in [2.75, 3.05) is 19.7 Å². The standard InChI is InChI=1S/C21H24N4O3/c1-24-14-23-19-7-6-18(8-20(19)24)28-13-21(27)22-9-17(26)12-25-10-15-4-2-3-5-16(15)11-25/h2-8,14,17,26H,9-13H2,1H3,(H,22,27)/t17-/m0/s1. The third kappa shape index (κ3) is 4.16. The molecule has 1 atom stereocenters. The molecule has 1 amide bonds. The summed E-state index contributed by atoms with van der Waals surface area (Å²) >= 11 is 0. The van der Waals surface area contributed by atoms with Crippen molar-refractivity contribution in [2.24, 2.45) is 7.05 Å². The lowest BCUT2D eigenvalue weighted by Crippen LogP contribution is -2.40. The highest BCUT2D eigenvalue weighted by Crippen LogP contribution is 2.22. The predicted molar refractivity (Wildman–Crippen MR) is 106 cm³/mol. The molecule has 3 aromatic rings. The van der Waals surface area contributed by atoms with Gasteiger partial charge in [-0.15, -0.1) is 0 Å². The molecule has 0 saturated heterocycles. The van der Waals surface area contributed by atoms with E-state index in [1.807, 2.05) is 35.9 Å². The van der Waals surface area contributed by atoms with E-state index in [2.05, 4.69) is 27.3 Å². The van der Waals surface area contributed by atoms with Crippen molar-refractivity contribution < 1.29 is 14.6 Å². The van der Waals surface area contributed by atoms with Gasteiger partial charge in [-0.25, -0.2) is 4.98 Å². The van der Waals surface area contributed by atoms with Gasteiger partial charge in [-0.2, -0.15) is 0 Å². The molecule has 0 spiro atoms. The first-order valence-corrected chi connectivity index (χ1v) is 9.36. The Kier molecular flexibility index (Phi) is 5.27. The summed E-state index contributed by atoms with van der Waals surface area (Å²) in [6.07, 6.45) is 1.12. The molecule has 0 bridgehead atoms. The van der Waals surface area contributed by atoms with Crippen molar-refractivity contribution in [1.29, 1.82) is 0 Å². The SMILES string of the molecule is Cn1cnc2ccc(OCC(=O)NC[C@H](O)CN3Cc4ccccc4C3)cc21. The van der Waals surface area contributed by atoms with E-state index < -0.39 is 6.10 Å².